The van der Waals surface area contributed by atoms with E-state index in [-0.39, 0.29) is 26.7 Å². The molecule has 0 unspecified atom stereocenters. The average Bonchev–Trinajstić information content (AvgIpc) is 3.06. The normalized spacial score (nSPS) is 10.9. The Hall–Kier alpha value is -3.41. The highest BCUT2D eigenvalue weighted by Crippen LogP contribution is 2.33. The van der Waals surface area contributed by atoms with Gasteiger partial charge in [0.15, 0.2) is 0 Å². The molecular formula is C22H20ClN3O6S2. The van der Waals surface area contributed by atoms with E-state index in [1.807, 2.05) is 0 Å². The summed E-state index contributed by atoms with van der Waals surface area (Å²) in [7, 11) is -2.77. The Morgan fingerprint density at radius 1 is 1.00 bits per heavy atom. The number of ether oxygens (including phenoxy) is 1. The Balaban J connectivity index is 1.83. The van der Waals surface area contributed by atoms with Crippen molar-refractivity contribution in [2.45, 2.75) is 18.7 Å². The molecule has 0 aliphatic heterocycles. The van der Waals surface area contributed by atoms with Crippen molar-refractivity contribution in [2.75, 3.05) is 17.1 Å². The van der Waals surface area contributed by atoms with Gasteiger partial charge in [0.05, 0.1) is 17.6 Å². The number of thiophene rings is 1. The quantitative estimate of drug-likeness (QED) is 0.435. The van der Waals surface area contributed by atoms with Gasteiger partial charge in [-0.3, -0.25) is 19.6 Å². The zero-order chi connectivity index (χ0) is 25.0. The number of hydrogen-bond donors (Lipinski definition) is 3. The second-order valence-corrected chi connectivity index (χ2v) is 10.4. The van der Waals surface area contributed by atoms with Gasteiger partial charge >= 0.3 is 6.09 Å². The molecule has 0 atom stereocenters. The van der Waals surface area contributed by atoms with Crippen molar-refractivity contribution in [3.05, 3.63) is 75.1 Å². The first-order chi connectivity index (χ1) is 16.0. The molecule has 34 heavy (non-hydrogen) atoms. The minimum Gasteiger partial charge on any atom is -0.453 e. The molecule has 0 saturated heterocycles. The summed E-state index contributed by atoms with van der Waals surface area (Å²) in [4.78, 5) is 37.6. The van der Waals surface area contributed by atoms with Crippen molar-refractivity contribution < 1.29 is 27.5 Å². The number of rotatable bonds is 6. The monoisotopic (exact) mass is 521 g/mol. The molecule has 178 valence electrons. The third-order valence-electron chi connectivity index (χ3n) is 4.74. The molecular weight excluding hydrogens is 502 g/mol. The predicted molar refractivity (Wildman–Crippen MR) is 130 cm³/mol. The van der Waals surface area contributed by atoms with E-state index in [0.717, 1.165) is 12.0 Å². The van der Waals surface area contributed by atoms with E-state index in [2.05, 4.69) is 20.1 Å². The van der Waals surface area contributed by atoms with E-state index in [4.69, 9.17) is 11.6 Å². The van der Waals surface area contributed by atoms with E-state index in [9.17, 15) is 22.8 Å². The van der Waals surface area contributed by atoms with E-state index >= 15 is 0 Å². The number of benzene rings is 2. The predicted octanol–water partition coefficient (Wildman–Crippen LogP) is 4.57. The molecule has 0 radical (unpaired) electrons. The van der Waals surface area contributed by atoms with E-state index in [1.165, 1.54) is 59.9 Å². The maximum Gasteiger partial charge on any atom is 0.413 e. The molecule has 0 bridgehead atoms. The van der Waals surface area contributed by atoms with Crippen LogP contribution >= 0.6 is 22.9 Å². The third-order valence-corrected chi connectivity index (χ3v) is 7.51. The molecule has 3 amide bonds. The second-order valence-electron chi connectivity index (χ2n) is 7.03. The molecule has 0 aliphatic carbocycles. The Morgan fingerprint density at radius 3 is 2.32 bits per heavy atom. The Bertz CT molecular complexity index is 1370. The van der Waals surface area contributed by atoms with E-state index in [1.54, 1.807) is 13.8 Å². The maximum atomic E-state index is 12.9. The van der Waals surface area contributed by atoms with Crippen molar-refractivity contribution in [3.8, 4) is 0 Å². The number of amides is 3. The van der Waals surface area contributed by atoms with Gasteiger partial charge in [0.25, 0.3) is 21.8 Å². The molecule has 0 fully saturated rings. The van der Waals surface area contributed by atoms with Gasteiger partial charge in [0, 0.05) is 21.2 Å². The van der Waals surface area contributed by atoms with Crippen molar-refractivity contribution in [1.29, 1.82) is 0 Å². The number of carbonyl (C=O) groups excluding carboxylic acids is 3. The number of anilines is 2. The largest absolute Gasteiger partial charge is 0.453 e. The van der Waals surface area contributed by atoms with Crippen LogP contribution in [0.5, 0.6) is 0 Å². The highest BCUT2D eigenvalue weighted by Gasteiger charge is 2.23. The number of methoxy groups -OCH3 is 1. The smallest absolute Gasteiger partial charge is 0.413 e. The number of sulfonamides is 1. The summed E-state index contributed by atoms with van der Waals surface area (Å²) in [5.74, 6) is -1.28. The van der Waals surface area contributed by atoms with Crippen LogP contribution in [0.15, 0.2) is 53.4 Å². The fourth-order valence-corrected chi connectivity index (χ4v) is 5.15. The summed E-state index contributed by atoms with van der Waals surface area (Å²) in [5, 5.41) is 5.38. The van der Waals surface area contributed by atoms with E-state index in [0.29, 0.717) is 10.6 Å². The summed E-state index contributed by atoms with van der Waals surface area (Å²) >= 11 is 6.98. The van der Waals surface area contributed by atoms with Gasteiger partial charge in [-0.15, -0.1) is 11.3 Å². The standard InChI is InChI=1S/C22H20ClN3O6S2/c1-12-13(2)33-21(18(12)20(28)25-22(29)32-3)24-19(27)14-5-4-6-16(11-14)26-34(30,31)17-9-7-15(23)8-10-17/h4-11,26H,1-3H3,(H,24,27)(H,25,28,29). The molecule has 1 heterocycles. The summed E-state index contributed by atoms with van der Waals surface area (Å²) in [5.41, 5.74) is 1.07. The van der Waals surface area contributed by atoms with Gasteiger partial charge in [-0.2, -0.15) is 0 Å². The summed E-state index contributed by atoms with van der Waals surface area (Å²) in [6, 6.07) is 11.5. The van der Waals surface area contributed by atoms with E-state index < -0.39 is 27.9 Å². The van der Waals surface area contributed by atoms with Crippen molar-refractivity contribution in [3.63, 3.8) is 0 Å². The van der Waals surface area contributed by atoms with Crippen LogP contribution in [0.2, 0.25) is 5.02 Å². The van der Waals surface area contributed by atoms with Crippen LogP contribution in [0.1, 0.15) is 31.2 Å². The average molecular weight is 522 g/mol. The van der Waals surface area contributed by atoms with Crippen LogP contribution in [0, 0.1) is 13.8 Å². The zero-order valence-corrected chi connectivity index (χ0v) is 20.7. The number of alkyl carbamates (subject to hydrolysis) is 1. The van der Waals surface area contributed by atoms with Gasteiger partial charge in [-0.05, 0) is 61.9 Å². The number of imide groups is 1. The molecule has 3 N–H and O–H groups in total. The van der Waals surface area contributed by atoms with Crippen LogP contribution in [0.3, 0.4) is 0 Å². The summed E-state index contributed by atoms with van der Waals surface area (Å²) in [6.45, 7) is 3.47. The lowest BCUT2D eigenvalue weighted by molar-refractivity contribution is 0.0937. The van der Waals surface area contributed by atoms with Gasteiger partial charge in [0.2, 0.25) is 0 Å². The van der Waals surface area contributed by atoms with Crippen LogP contribution in [-0.2, 0) is 14.8 Å². The summed E-state index contributed by atoms with van der Waals surface area (Å²) in [6.07, 6.45) is -0.925. The molecule has 0 aliphatic rings. The molecule has 1 aromatic heterocycles. The first-order valence-electron chi connectivity index (χ1n) is 9.71. The molecule has 12 heteroatoms. The second kappa shape index (κ2) is 10.2. The molecule has 0 saturated carbocycles. The first-order valence-corrected chi connectivity index (χ1v) is 12.4. The fourth-order valence-electron chi connectivity index (χ4n) is 2.92. The van der Waals surface area contributed by atoms with Crippen molar-refractivity contribution in [2.24, 2.45) is 0 Å². The third kappa shape index (κ3) is 5.74. The SMILES string of the molecule is COC(=O)NC(=O)c1c(NC(=O)c2cccc(NS(=O)(=O)c3ccc(Cl)cc3)c2)sc(C)c1C. The molecule has 3 rings (SSSR count). The van der Waals surface area contributed by atoms with Crippen molar-refractivity contribution in [1.82, 2.24) is 5.32 Å². The lowest BCUT2D eigenvalue weighted by atomic mass is 10.1. The highest BCUT2D eigenvalue weighted by atomic mass is 35.5. The lowest BCUT2D eigenvalue weighted by Gasteiger charge is -2.11. The lowest BCUT2D eigenvalue weighted by Crippen LogP contribution is -2.31. The Labute approximate surface area is 205 Å². The molecule has 2 aromatic carbocycles. The minimum atomic E-state index is -3.90. The first kappa shape index (κ1) is 25.2. The highest BCUT2D eigenvalue weighted by molar-refractivity contribution is 7.92. The van der Waals surface area contributed by atoms with Gasteiger partial charge in [-0.25, -0.2) is 13.2 Å². The number of hydrogen-bond acceptors (Lipinski definition) is 7. The maximum absolute atomic E-state index is 12.9. The van der Waals surface area contributed by atoms with Crippen molar-refractivity contribution >= 4 is 61.6 Å². The molecule has 3 aromatic rings. The fraction of sp³-hybridized carbons (Fsp3) is 0.136. The van der Waals surface area contributed by atoms with Gasteiger partial charge < -0.3 is 10.1 Å². The topological polar surface area (TPSA) is 131 Å². The number of halogens is 1. The van der Waals surface area contributed by atoms with Crippen LogP contribution in [0.25, 0.3) is 0 Å². The number of carbonyl (C=O) groups is 3. The number of nitrogens with one attached hydrogen (secondary N) is 3. The van der Waals surface area contributed by atoms with Crippen LogP contribution < -0.4 is 15.4 Å². The van der Waals surface area contributed by atoms with Gasteiger partial charge in [0.1, 0.15) is 5.00 Å². The van der Waals surface area contributed by atoms with Crippen LogP contribution in [0.4, 0.5) is 15.5 Å². The minimum absolute atomic E-state index is 0.0116. The van der Waals surface area contributed by atoms with Gasteiger partial charge in [-0.1, -0.05) is 17.7 Å². The molecule has 0 spiro atoms. The van der Waals surface area contributed by atoms with Crippen LogP contribution in [-0.4, -0.2) is 33.4 Å². The Kier molecular flexibility index (Phi) is 7.60. The number of aryl methyl sites for hydroxylation is 1. The zero-order valence-electron chi connectivity index (χ0n) is 18.3. The molecule has 9 nitrogen and oxygen atoms in total. The Morgan fingerprint density at radius 2 is 1.68 bits per heavy atom. The summed E-state index contributed by atoms with van der Waals surface area (Å²) < 4.78 is 32.1.